The number of hydrogen-bond acceptors (Lipinski definition) is 3. The van der Waals surface area contributed by atoms with E-state index in [4.69, 9.17) is 5.11 Å². The number of alkyl halides is 3. The van der Waals surface area contributed by atoms with Crippen molar-refractivity contribution in [1.82, 2.24) is 10.6 Å². The summed E-state index contributed by atoms with van der Waals surface area (Å²) in [6, 6.07) is -0.648. The number of nitrogens with one attached hydrogen (secondary N) is 2. The predicted molar refractivity (Wildman–Crippen MR) is 62.6 cm³/mol. The summed E-state index contributed by atoms with van der Waals surface area (Å²) in [5.74, 6) is -1.74. The monoisotopic (exact) mass is 284 g/mol. The van der Waals surface area contributed by atoms with Gasteiger partial charge in [0.1, 0.15) is 0 Å². The third-order valence-electron chi connectivity index (χ3n) is 2.37. The summed E-state index contributed by atoms with van der Waals surface area (Å²) in [5, 5.41) is 13.1. The van der Waals surface area contributed by atoms with E-state index < -0.39 is 42.6 Å². The first-order valence-electron chi connectivity index (χ1n) is 5.70. The van der Waals surface area contributed by atoms with Crippen molar-refractivity contribution in [3.05, 3.63) is 0 Å². The lowest BCUT2D eigenvalue weighted by atomic mass is 9.84. The minimum absolute atomic E-state index is 0.283. The van der Waals surface area contributed by atoms with Crippen molar-refractivity contribution >= 4 is 11.9 Å². The maximum Gasteiger partial charge on any atom is 0.401 e. The van der Waals surface area contributed by atoms with E-state index in [2.05, 4.69) is 5.32 Å². The fourth-order valence-electron chi connectivity index (χ4n) is 1.31. The van der Waals surface area contributed by atoms with Crippen LogP contribution in [0.5, 0.6) is 0 Å². The van der Waals surface area contributed by atoms with E-state index in [1.54, 1.807) is 20.8 Å². The van der Waals surface area contributed by atoms with E-state index in [1.165, 1.54) is 0 Å². The number of hydrogen-bond donors (Lipinski definition) is 3. The quantitative estimate of drug-likeness (QED) is 0.683. The SMILES string of the molecule is CC(C)(C)C(CC(=O)O)NC(=O)CNCC(F)(F)F. The Hall–Kier alpha value is -1.31. The molecule has 19 heavy (non-hydrogen) atoms. The van der Waals surface area contributed by atoms with Gasteiger partial charge in [-0.25, -0.2) is 0 Å². The van der Waals surface area contributed by atoms with E-state index in [0.717, 1.165) is 0 Å². The number of carbonyl (C=O) groups excluding carboxylic acids is 1. The summed E-state index contributed by atoms with van der Waals surface area (Å²) >= 11 is 0. The molecule has 0 fully saturated rings. The minimum atomic E-state index is -4.38. The lowest BCUT2D eigenvalue weighted by Gasteiger charge is -2.30. The summed E-state index contributed by atoms with van der Waals surface area (Å²) in [7, 11) is 0. The number of halogens is 3. The number of amides is 1. The molecular formula is C11H19F3N2O3. The molecule has 1 amide bonds. The van der Waals surface area contributed by atoms with E-state index in [1.807, 2.05) is 5.32 Å². The van der Waals surface area contributed by atoms with Crippen LogP contribution < -0.4 is 10.6 Å². The molecule has 0 rings (SSSR count). The fourth-order valence-corrected chi connectivity index (χ4v) is 1.31. The average molecular weight is 284 g/mol. The predicted octanol–water partition coefficient (Wildman–Crippen LogP) is 1.14. The Morgan fingerprint density at radius 3 is 2.11 bits per heavy atom. The molecule has 112 valence electrons. The van der Waals surface area contributed by atoms with Crippen LogP contribution in [0, 0.1) is 5.41 Å². The van der Waals surface area contributed by atoms with Crippen LogP contribution in [0.25, 0.3) is 0 Å². The zero-order valence-corrected chi connectivity index (χ0v) is 11.1. The van der Waals surface area contributed by atoms with Gasteiger partial charge in [0, 0.05) is 6.04 Å². The van der Waals surface area contributed by atoms with Crippen molar-refractivity contribution in [2.45, 2.75) is 39.4 Å². The van der Waals surface area contributed by atoms with Gasteiger partial charge in [0.25, 0.3) is 0 Å². The summed E-state index contributed by atoms with van der Waals surface area (Å²) < 4.78 is 35.6. The smallest absolute Gasteiger partial charge is 0.401 e. The van der Waals surface area contributed by atoms with Crippen LogP contribution in [-0.2, 0) is 9.59 Å². The van der Waals surface area contributed by atoms with E-state index in [9.17, 15) is 22.8 Å². The molecule has 3 N–H and O–H groups in total. The van der Waals surface area contributed by atoms with Crippen LogP contribution in [0.15, 0.2) is 0 Å². The highest BCUT2D eigenvalue weighted by atomic mass is 19.4. The standard InChI is InChI=1S/C11H19F3N2O3/c1-10(2,3)7(4-9(18)19)16-8(17)5-15-6-11(12,13)14/h7,15H,4-6H2,1-3H3,(H,16,17)(H,18,19). The Bertz CT molecular complexity index is 324. The van der Waals surface area contributed by atoms with Crippen LogP contribution in [0.3, 0.4) is 0 Å². The molecule has 0 heterocycles. The maximum atomic E-state index is 11.9. The lowest BCUT2D eigenvalue weighted by molar-refractivity contribution is -0.138. The molecule has 0 aliphatic heterocycles. The Morgan fingerprint density at radius 2 is 1.74 bits per heavy atom. The average Bonchev–Trinajstić information content (AvgIpc) is 2.12. The molecule has 1 unspecified atom stereocenters. The molecule has 0 bridgehead atoms. The molecule has 0 aliphatic carbocycles. The van der Waals surface area contributed by atoms with Crippen molar-refractivity contribution in [2.75, 3.05) is 13.1 Å². The lowest BCUT2D eigenvalue weighted by Crippen LogP contribution is -2.48. The van der Waals surface area contributed by atoms with Gasteiger partial charge in [-0.15, -0.1) is 0 Å². The molecule has 0 aromatic carbocycles. The molecule has 0 aromatic heterocycles. The highest BCUT2D eigenvalue weighted by Crippen LogP contribution is 2.21. The first kappa shape index (κ1) is 17.7. The van der Waals surface area contributed by atoms with Gasteiger partial charge in [-0.2, -0.15) is 13.2 Å². The van der Waals surface area contributed by atoms with Gasteiger partial charge in [0.05, 0.1) is 19.5 Å². The molecule has 1 atom stereocenters. The number of carboxylic acid groups (broad SMARTS) is 1. The number of aliphatic carboxylic acids is 1. The van der Waals surface area contributed by atoms with Crippen molar-refractivity contribution in [3.8, 4) is 0 Å². The third-order valence-corrected chi connectivity index (χ3v) is 2.37. The van der Waals surface area contributed by atoms with Crippen molar-refractivity contribution in [3.63, 3.8) is 0 Å². The highest BCUT2D eigenvalue weighted by Gasteiger charge is 2.29. The normalized spacial score (nSPS) is 14.0. The summed E-state index contributed by atoms with van der Waals surface area (Å²) in [6.45, 7) is 3.45. The molecule has 0 aliphatic rings. The summed E-state index contributed by atoms with van der Waals surface area (Å²) in [6.07, 6.45) is -4.67. The summed E-state index contributed by atoms with van der Waals surface area (Å²) in [5.41, 5.74) is -0.502. The number of rotatable bonds is 6. The van der Waals surface area contributed by atoms with Gasteiger partial charge in [0.2, 0.25) is 5.91 Å². The molecule has 8 heteroatoms. The van der Waals surface area contributed by atoms with Crippen LogP contribution in [0.2, 0.25) is 0 Å². The van der Waals surface area contributed by atoms with Crippen LogP contribution in [0.1, 0.15) is 27.2 Å². The van der Waals surface area contributed by atoms with Gasteiger partial charge in [-0.1, -0.05) is 20.8 Å². The topological polar surface area (TPSA) is 78.4 Å². The van der Waals surface area contributed by atoms with E-state index in [0.29, 0.717) is 0 Å². The van der Waals surface area contributed by atoms with Gasteiger partial charge in [-0.3, -0.25) is 9.59 Å². The highest BCUT2D eigenvalue weighted by molar-refractivity contribution is 5.79. The molecular weight excluding hydrogens is 265 g/mol. The molecule has 0 aromatic rings. The Morgan fingerprint density at radius 1 is 1.21 bits per heavy atom. The second kappa shape index (κ2) is 6.74. The molecule has 0 spiro atoms. The molecule has 5 nitrogen and oxygen atoms in total. The zero-order chi connectivity index (χ0) is 15.3. The second-order valence-electron chi connectivity index (χ2n) is 5.30. The van der Waals surface area contributed by atoms with Crippen molar-refractivity contribution in [1.29, 1.82) is 0 Å². The minimum Gasteiger partial charge on any atom is -0.481 e. The van der Waals surface area contributed by atoms with Crippen molar-refractivity contribution in [2.24, 2.45) is 5.41 Å². The molecule has 0 saturated carbocycles. The zero-order valence-electron chi connectivity index (χ0n) is 11.1. The molecule has 0 saturated heterocycles. The van der Waals surface area contributed by atoms with Crippen LogP contribution in [0.4, 0.5) is 13.2 Å². The van der Waals surface area contributed by atoms with Crippen LogP contribution >= 0.6 is 0 Å². The van der Waals surface area contributed by atoms with Gasteiger partial charge in [0.15, 0.2) is 0 Å². The second-order valence-corrected chi connectivity index (χ2v) is 5.30. The first-order valence-corrected chi connectivity index (χ1v) is 5.70. The molecule has 0 radical (unpaired) electrons. The number of carboxylic acids is 1. The van der Waals surface area contributed by atoms with Crippen molar-refractivity contribution < 1.29 is 27.9 Å². The van der Waals surface area contributed by atoms with E-state index in [-0.39, 0.29) is 6.42 Å². The third kappa shape index (κ3) is 9.29. The Labute approximate surface area is 109 Å². The fraction of sp³-hybridized carbons (Fsp3) is 0.818. The largest absolute Gasteiger partial charge is 0.481 e. The van der Waals surface area contributed by atoms with Gasteiger partial charge >= 0.3 is 12.1 Å². The summed E-state index contributed by atoms with van der Waals surface area (Å²) in [4.78, 5) is 22.1. The Kier molecular flexibility index (Phi) is 6.28. The number of carbonyl (C=O) groups is 2. The Balaban J connectivity index is 4.29. The van der Waals surface area contributed by atoms with Gasteiger partial charge in [-0.05, 0) is 5.41 Å². The van der Waals surface area contributed by atoms with Gasteiger partial charge < -0.3 is 15.7 Å². The van der Waals surface area contributed by atoms with E-state index >= 15 is 0 Å². The maximum absolute atomic E-state index is 11.9. The first-order chi connectivity index (χ1) is 8.42. The van der Waals surface area contributed by atoms with Crippen LogP contribution in [-0.4, -0.2) is 42.3 Å².